The SMILES string of the molecule is O=c1cc2oc(c1)OC2. The van der Waals surface area contributed by atoms with Crippen molar-refractivity contribution in [3.8, 4) is 5.95 Å². The third-order valence-corrected chi connectivity index (χ3v) is 1.15. The van der Waals surface area contributed by atoms with E-state index in [1.165, 1.54) is 12.1 Å². The lowest BCUT2D eigenvalue weighted by Gasteiger charge is -1.83. The zero-order valence-electron chi connectivity index (χ0n) is 4.59. The molecule has 2 rings (SSSR count). The molecule has 0 amide bonds. The molecule has 2 bridgehead atoms. The molecule has 0 aliphatic carbocycles. The van der Waals surface area contributed by atoms with Crippen molar-refractivity contribution in [2.75, 3.05) is 0 Å². The molecule has 3 nitrogen and oxygen atoms in total. The summed E-state index contributed by atoms with van der Waals surface area (Å²) in [5, 5.41) is 0. The van der Waals surface area contributed by atoms with E-state index >= 15 is 0 Å². The number of hydrogen-bond donors (Lipinski definition) is 0. The van der Waals surface area contributed by atoms with Gasteiger partial charge in [0.05, 0.1) is 6.07 Å². The Morgan fingerprint density at radius 3 is 3.11 bits per heavy atom. The number of fused-ring (bicyclic) bond motifs is 2. The summed E-state index contributed by atoms with van der Waals surface area (Å²) >= 11 is 0. The molecule has 1 aromatic heterocycles. The highest BCUT2D eigenvalue weighted by Crippen LogP contribution is 2.18. The molecule has 0 atom stereocenters. The van der Waals surface area contributed by atoms with Gasteiger partial charge in [-0.05, 0) is 0 Å². The second-order valence-corrected chi connectivity index (χ2v) is 1.87. The second-order valence-electron chi connectivity index (χ2n) is 1.87. The molecule has 0 radical (unpaired) electrons. The minimum atomic E-state index is -0.0521. The molecular weight excluding hydrogens is 120 g/mol. The summed E-state index contributed by atoms with van der Waals surface area (Å²) in [7, 11) is 0. The maximum Gasteiger partial charge on any atom is 0.288 e. The largest absolute Gasteiger partial charge is 0.457 e. The Morgan fingerprint density at radius 2 is 2.33 bits per heavy atom. The van der Waals surface area contributed by atoms with Crippen LogP contribution in [-0.2, 0) is 6.61 Å². The fraction of sp³-hybridized carbons (Fsp3) is 0.167. The minimum Gasteiger partial charge on any atom is -0.457 e. The topological polar surface area (TPSA) is 39.4 Å². The molecule has 9 heavy (non-hydrogen) atoms. The third kappa shape index (κ3) is 0.614. The van der Waals surface area contributed by atoms with Crippen molar-refractivity contribution in [2.45, 2.75) is 6.61 Å². The Labute approximate surface area is 50.9 Å². The summed E-state index contributed by atoms with van der Waals surface area (Å²) in [5.74, 6) is 0.940. The normalized spacial score (nSPS) is 13.3. The maximum atomic E-state index is 10.6. The highest BCUT2D eigenvalue weighted by atomic mass is 16.6. The van der Waals surface area contributed by atoms with E-state index in [0.29, 0.717) is 18.3 Å². The van der Waals surface area contributed by atoms with E-state index in [2.05, 4.69) is 0 Å². The molecule has 0 unspecified atom stereocenters. The van der Waals surface area contributed by atoms with Crippen molar-refractivity contribution in [3.05, 3.63) is 28.1 Å². The molecule has 1 aromatic rings. The lowest BCUT2D eigenvalue weighted by atomic mass is 10.4. The van der Waals surface area contributed by atoms with Gasteiger partial charge in [-0.15, -0.1) is 0 Å². The summed E-state index contributed by atoms with van der Waals surface area (Å²) in [6.07, 6.45) is 0. The van der Waals surface area contributed by atoms with Crippen LogP contribution in [0, 0.1) is 0 Å². The average Bonchev–Trinajstić information content (AvgIpc) is 2.11. The van der Waals surface area contributed by atoms with Crippen LogP contribution in [-0.4, -0.2) is 0 Å². The molecule has 0 saturated carbocycles. The molecule has 0 aromatic carbocycles. The van der Waals surface area contributed by atoms with E-state index in [4.69, 9.17) is 9.15 Å². The van der Waals surface area contributed by atoms with E-state index < -0.39 is 0 Å². The van der Waals surface area contributed by atoms with E-state index in [9.17, 15) is 4.79 Å². The molecule has 46 valence electrons. The summed E-state index contributed by atoms with van der Waals surface area (Å²) in [5.41, 5.74) is -0.0521. The smallest absolute Gasteiger partial charge is 0.288 e. The Bertz CT molecular complexity index is 261. The fourth-order valence-electron chi connectivity index (χ4n) is 0.789. The van der Waals surface area contributed by atoms with Gasteiger partial charge in [0, 0.05) is 6.07 Å². The van der Waals surface area contributed by atoms with Crippen LogP contribution in [0.2, 0.25) is 0 Å². The summed E-state index contributed by atoms with van der Waals surface area (Å²) in [4.78, 5) is 10.6. The Morgan fingerprint density at radius 1 is 1.44 bits per heavy atom. The summed E-state index contributed by atoms with van der Waals surface area (Å²) in [6.45, 7) is 0.400. The second kappa shape index (κ2) is 1.37. The molecule has 0 N–H and O–H groups in total. The molecular formula is C6H4O3. The van der Waals surface area contributed by atoms with Gasteiger partial charge in [-0.25, -0.2) is 0 Å². The van der Waals surface area contributed by atoms with Crippen LogP contribution in [0.4, 0.5) is 0 Å². The van der Waals surface area contributed by atoms with Gasteiger partial charge in [-0.3, -0.25) is 4.79 Å². The molecule has 3 heteroatoms. The first-order valence-corrected chi connectivity index (χ1v) is 2.61. The van der Waals surface area contributed by atoms with Crippen molar-refractivity contribution >= 4 is 0 Å². The van der Waals surface area contributed by atoms with E-state index in [0.717, 1.165) is 0 Å². The first-order valence-electron chi connectivity index (χ1n) is 2.61. The van der Waals surface area contributed by atoms with Crippen molar-refractivity contribution in [2.24, 2.45) is 0 Å². The molecule has 1 aliphatic rings. The maximum absolute atomic E-state index is 10.6. The number of hydrogen-bond acceptors (Lipinski definition) is 3. The van der Waals surface area contributed by atoms with Gasteiger partial charge in [0.15, 0.2) is 5.43 Å². The predicted molar refractivity (Wildman–Crippen MR) is 29.3 cm³/mol. The highest BCUT2D eigenvalue weighted by Gasteiger charge is 2.10. The van der Waals surface area contributed by atoms with E-state index in [1.807, 2.05) is 0 Å². The average molecular weight is 124 g/mol. The van der Waals surface area contributed by atoms with Crippen LogP contribution in [0.1, 0.15) is 5.76 Å². The first kappa shape index (κ1) is 4.61. The van der Waals surface area contributed by atoms with Crippen LogP contribution in [0.15, 0.2) is 21.3 Å². The quantitative estimate of drug-likeness (QED) is 0.506. The summed E-state index contributed by atoms with van der Waals surface area (Å²) in [6, 6.07) is 2.76. The van der Waals surface area contributed by atoms with Crippen molar-refractivity contribution in [1.29, 1.82) is 0 Å². The van der Waals surface area contributed by atoms with Crippen LogP contribution in [0.25, 0.3) is 0 Å². The first-order chi connectivity index (χ1) is 4.34. The third-order valence-electron chi connectivity index (χ3n) is 1.15. The van der Waals surface area contributed by atoms with Gasteiger partial charge in [0.1, 0.15) is 12.4 Å². The zero-order chi connectivity index (χ0) is 6.27. The van der Waals surface area contributed by atoms with Gasteiger partial charge in [0.25, 0.3) is 5.95 Å². The summed E-state index contributed by atoms with van der Waals surface area (Å²) < 4.78 is 9.84. The molecule has 0 spiro atoms. The highest BCUT2D eigenvalue weighted by molar-refractivity contribution is 5.14. The molecule has 1 aliphatic heterocycles. The van der Waals surface area contributed by atoms with Crippen LogP contribution in [0.5, 0.6) is 5.95 Å². The number of ether oxygens (including phenoxy) is 1. The van der Waals surface area contributed by atoms with Crippen molar-refractivity contribution < 1.29 is 9.15 Å². The lowest BCUT2D eigenvalue weighted by Crippen LogP contribution is -1.92. The lowest BCUT2D eigenvalue weighted by molar-refractivity contribution is 0.308. The number of rotatable bonds is 0. The van der Waals surface area contributed by atoms with Crippen molar-refractivity contribution in [1.82, 2.24) is 0 Å². The standard InChI is InChI=1S/C6H4O3/c7-4-1-5-3-8-6(2-4)9-5/h1-2H,3H2. The fourth-order valence-corrected chi connectivity index (χ4v) is 0.789. The van der Waals surface area contributed by atoms with Crippen molar-refractivity contribution in [3.63, 3.8) is 0 Å². The van der Waals surface area contributed by atoms with Gasteiger partial charge in [0.2, 0.25) is 0 Å². The Kier molecular flexibility index (Phi) is 0.704. The van der Waals surface area contributed by atoms with Gasteiger partial charge >= 0.3 is 0 Å². The molecule has 0 saturated heterocycles. The van der Waals surface area contributed by atoms with E-state index in [-0.39, 0.29) is 5.43 Å². The van der Waals surface area contributed by atoms with Crippen LogP contribution >= 0.6 is 0 Å². The van der Waals surface area contributed by atoms with E-state index in [1.54, 1.807) is 0 Å². The van der Waals surface area contributed by atoms with Crippen LogP contribution < -0.4 is 10.2 Å². The Balaban J connectivity index is 2.77. The Hall–Kier alpha value is -1.25. The van der Waals surface area contributed by atoms with Gasteiger partial charge < -0.3 is 9.15 Å². The molecule has 2 heterocycles. The zero-order valence-corrected chi connectivity index (χ0v) is 4.59. The monoisotopic (exact) mass is 124 g/mol. The molecule has 0 fully saturated rings. The van der Waals surface area contributed by atoms with Crippen LogP contribution in [0.3, 0.4) is 0 Å². The predicted octanol–water partition coefficient (Wildman–Crippen LogP) is 0.532. The van der Waals surface area contributed by atoms with Gasteiger partial charge in [-0.2, -0.15) is 0 Å². The minimum absolute atomic E-state index is 0.0521. The van der Waals surface area contributed by atoms with Gasteiger partial charge in [-0.1, -0.05) is 0 Å².